The highest BCUT2D eigenvalue weighted by atomic mass is 19.3. The number of hydrogen-bond donors (Lipinski definition) is 2. The third-order valence-electron chi connectivity index (χ3n) is 2.20. The van der Waals surface area contributed by atoms with Gasteiger partial charge in [0.2, 0.25) is 6.17 Å². The van der Waals surface area contributed by atoms with Crippen LogP contribution < -0.4 is 0 Å². The lowest BCUT2D eigenvalue weighted by molar-refractivity contribution is -0.385. The molecule has 0 aromatic heterocycles. The minimum absolute atomic E-state index is 3.94. The Morgan fingerprint density at radius 1 is 0.600 bits per heavy atom. The highest BCUT2D eigenvalue weighted by Gasteiger charge is 2.64. The van der Waals surface area contributed by atoms with Gasteiger partial charge in [-0.15, -0.1) is 0 Å². The maximum Gasteiger partial charge on any atom is 0.384 e. The molecule has 5 unspecified atom stereocenters. The predicted octanol–water partition coefficient (Wildman–Crippen LogP) is 2.19. The number of halogens is 10. The summed E-state index contributed by atoms with van der Waals surface area (Å²) in [5.41, 5.74) is 0. The smallest absolute Gasteiger partial charge is 0.335 e. The van der Waals surface area contributed by atoms with Gasteiger partial charge in [-0.25, -0.2) is 30.7 Å². The monoisotopic (exact) mass is 326 g/mol. The van der Waals surface area contributed by atoms with Gasteiger partial charge < -0.3 is 10.2 Å². The third kappa shape index (κ3) is 3.87. The molecule has 122 valence electrons. The fourth-order valence-electron chi connectivity index (χ4n) is 1.03. The van der Waals surface area contributed by atoms with Crippen molar-refractivity contribution in [1.29, 1.82) is 0 Å². The zero-order valence-electron chi connectivity index (χ0n) is 9.14. The third-order valence-corrected chi connectivity index (χ3v) is 2.20. The normalized spacial score (nSPS) is 21.4. The summed E-state index contributed by atoms with van der Waals surface area (Å²) in [6.45, 7) is 0. The molecule has 0 rings (SSSR count). The minimum Gasteiger partial charge on any atom is -0.335 e. The standard InChI is InChI=1S/C8H8F10O2/c9-1(2(10)4(12)6(14)15)3(11)5(13)7(16,17)8(18,19)20/h1-6,19-20H. The first-order valence-electron chi connectivity index (χ1n) is 4.75. The molecule has 2 N–H and O–H groups in total. The number of rotatable bonds is 7. The summed E-state index contributed by atoms with van der Waals surface area (Å²) in [6.07, 6.45) is -25.3. The van der Waals surface area contributed by atoms with E-state index >= 15 is 0 Å². The van der Waals surface area contributed by atoms with E-state index in [4.69, 9.17) is 10.2 Å². The Balaban J connectivity index is 5.03. The van der Waals surface area contributed by atoms with Crippen molar-refractivity contribution in [2.45, 2.75) is 49.2 Å². The van der Waals surface area contributed by atoms with E-state index in [1.807, 2.05) is 0 Å². The second-order valence-electron chi connectivity index (χ2n) is 3.72. The Kier molecular flexibility index (Phi) is 6.08. The Labute approximate surface area is 105 Å². The van der Waals surface area contributed by atoms with Crippen LogP contribution in [-0.4, -0.2) is 59.5 Å². The van der Waals surface area contributed by atoms with Gasteiger partial charge in [-0.2, -0.15) is 13.2 Å². The van der Waals surface area contributed by atoms with Crippen molar-refractivity contribution in [3.63, 3.8) is 0 Å². The van der Waals surface area contributed by atoms with E-state index in [1.54, 1.807) is 0 Å². The highest BCUT2D eigenvalue weighted by Crippen LogP contribution is 2.38. The predicted molar refractivity (Wildman–Crippen MR) is 43.7 cm³/mol. The van der Waals surface area contributed by atoms with E-state index in [0.717, 1.165) is 0 Å². The summed E-state index contributed by atoms with van der Waals surface area (Å²) < 4.78 is 124. The molecule has 0 heterocycles. The van der Waals surface area contributed by atoms with Crippen molar-refractivity contribution in [1.82, 2.24) is 0 Å². The van der Waals surface area contributed by atoms with Crippen LogP contribution in [0.1, 0.15) is 0 Å². The van der Waals surface area contributed by atoms with Gasteiger partial charge in [0.25, 0.3) is 6.43 Å². The molecule has 0 aromatic rings. The minimum atomic E-state index is -5.95. The lowest BCUT2D eigenvalue weighted by Crippen LogP contribution is -2.56. The molecule has 0 aliphatic rings. The topological polar surface area (TPSA) is 40.5 Å². The molecule has 20 heavy (non-hydrogen) atoms. The van der Waals surface area contributed by atoms with Crippen molar-refractivity contribution in [3.8, 4) is 0 Å². The SMILES string of the molecule is OC(O)(F)C(F)(F)C(F)C(F)C(F)C(F)C(F)C(F)F. The molecule has 0 saturated heterocycles. The van der Waals surface area contributed by atoms with Crippen molar-refractivity contribution in [2.24, 2.45) is 0 Å². The van der Waals surface area contributed by atoms with Gasteiger partial charge >= 0.3 is 12.0 Å². The first kappa shape index (κ1) is 19.2. The molecule has 0 amide bonds. The maximum atomic E-state index is 12.8. The fourth-order valence-corrected chi connectivity index (χ4v) is 1.03. The summed E-state index contributed by atoms with van der Waals surface area (Å²) in [5, 5.41) is 15.6. The van der Waals surface area contributed by atoms with Crippen LogP contribution in [0.4, 0.5) is 43.9 Å². The Hall–Kier alpha value is -0.780. The number of alkyl halides is 10. The zero-order valence-corrected chi connectivity index (χ0v) is 9.14. The van der Waals surface area contributed by atoms with E-state index in [9.17, 15) is 43.9 Å². The Bertz CT molecular complexity index is 306. The van der Waals surface area contributed by atoms with Crippen LogP contribution in [0.3, 0.4) is 0 Å². The van der Waals surface area contributed by atoms with Crippen LogP contribution >= 0.6 is 0 Å². The van der Waals surface area contributed by atoms with Gasteiger partial charge in [0.05, 0.1) is 0 Å². The summed E-state index contributed by atoms with van der Waals surface area (Å²) in [7, 11) is 0. The maximum absolute atomic E-state index is 12.8. The lowest BCUT2D eigenvalue weighted by Gasteiger charge is -2.30. The molecule has 0 aliphatic heterocycles. The van der Waals surface area contributed by atoms with Gasteiger partial charge in [-0.05, 0) is 0 Å². The van der Waals surface area contributed by atoms with Gasteiger partial charge in [0.15, 0.2) is 24.7 Å². The van der Waals surface area contributed by atoms with Gasteiger partial charge in [0.1, 0.15) is 0 Å². The largest absolute Gasteiger partial charge is 0.384 e. The molecule has 2 nitrogen and oxygen atoms in total. The van der Waals surface area contributed by atoms with Crippen LogP contribution in [0.2, 0.25) is 0 Å². The number of aliphatic hydroxyl groups is 2. The second kappa shape index (κ2) is 6.33. The molecule has 0 fully saturated rings. The fraction of sp³-hybridized carbons (Fsp3) is 1.00. The first-order chi connectivity index (χ1) is 8.75. The molecular formula is C8H8F10O2. The van der Waals surface area contributed by atoms with Crippen LogP contribution in [-0.2, 0) is 0 Å². The molecule has 0 aliphatic carbocycles. The van der Waals surface area contributed by atoms with Gasteiger partial charge in [-0.1, -0.05) is 0 Å². The molecule has 5 atom stereocenters. The zero-order chi connectivity index (χ0) is 16.5. The van der Waals surface area contributed by atoms with E-state index in [0.29, 0.717) is 0 Å². The van der Waals surface area contributed by atoms with Crippen LogP contribution in [0.5, 0.6) is 0 Å². The average Bonchev–Trinajstić information content (AvgIpc) is 2.32. The molecule has 0 saturated carbocycles. The van der Waals surface area contributed by atoms with E-state index in [1.165, 1.54) is 0 Å². The van der Waals surface area contributed by atoms with Crippen LogP contribution in [0.15, 0.2) is 0 Å². The lowest BCUT2D eigenvalue weighted by atomic mass is 9.99. The number of hydrogen-bond acceptors (Lipinski definition) is 2. The first-order valence-corrected chi connectivity index (χ1v) is 4.75. The van der Waals surface area contributed by atoms with Crippen molar-refractivity contribution >= 4 is 0 Å². The Morgan fingerprint density at radius 2 is 0.950 bits per heavy atom. The average molecular weight is 326 g/mol. The van der Waals surface area contributed by atoms with Gasteiger partial charge in [0, 0.05) is 0 Å². The van der Waals surface area contributed by atoms with E-state index < -0.39 is 49.2 Å². The van der Waals surface area contributed by atoms with E-state index in [2.05, 4.69) is 0 Å². The highest BCUT2D eigenvalue weighted by molar-refractivity contribution is 4.95. The molecule has 0 bridgehead atoms. The van der Waals surface area contributed by atoms with E-state index in [-0.39, 0.29) is 0 Å². The summed E-state index contributed by atoms with van der Waals surface area (Å²) in [6, 6.07) is -5.62. The molecule has 12 heteroatoms. The van der Waals surface area contributed by atoms with Crippen molar-refractivity contribution < 1.29 is 54.1 Å². The van der Waals surface area contributed by atoms with Gasteiger partial charge in [-0.3, -0.25) is 0 Å². The van der Waals surface area contributed by atoms with Crippen molar-refractivity contribution in [2.75, 3.05) is 0 Å². The van der Waals surface area contributed by atoms with Crippen molar-refractivity contribution in [3.05, 3.63) is 0 Å². The molecule has 0 spiro atoms. The van der Waals surface area contributed by atoms with Crippen LogP contribution in [0.25, 0.3) is 0 Å². The quantitative estimate of drug-likeness (QED) is 0.556. The summed E-state index contributed by atoms with van der Waals surface area (Å²) >= 11 is 0. The second-order valence-corrected chi connectivity index (χ2v) is 3.72. The Morgan fingerprint density at radius 3 is 1.25 bits per heavy atom. The van der Waals surface area contributed by atoms with Crippen LogP contribution in [0, 0.1) is 0 Å². The summed E-state index contributed by atoms with van der Waals surface area (Å²) in [4.78, 5) is 0. The molecule has 0 radical (unpaired) electrons. The molecular weight excluding hydrogens is 318 g/mol. The summed E-state index contributed by atoms with van der Waals surface area (Å²) in [5.74, 6) is -5.95. The molecule has 0 aromatic carbocycles.